The maximum atomic E-state index is 10.3. The predicted octanol–water partition coefficient (Wildman–Crippen LogP) is 2.89. The lowest BCUT2D eigenvalue weighted by Crippen LogP contribution is -2.85. The lowest BCUT2D eigenvalue weighted by Gasteiger charge is -2.48. The fourth-order valence-corrected chi connectivity index (χ4v) is 4.55. The minimum atomic E-state index is -0.166. The van der Waals surface area contributed by atoms with E-state index in [9.17, 15) is 5.11 Å². The number of hydrogen-bond donors (Lipinski definition) is 2. The summed E-state index contributed by atoms with van der Waals surface area (Å²) in [5.41, 5.74) is 2.46. The van der Waals surface area contributed by atoms with Gasteiger partial charge in [0.05, 0.1) is 18.8 Å². The molecule has 0 amide bonds. The Balaban J connectivity index is 1.80. The van der Waals surface area contributed by atoms with Crippen molar-refractivity contribution in [1.29, 1.82) is 0 Å². The molecule has 1 heterocycles. The van der Waals surface area contributed by atoms with Crippen molar-refractivity contribution in [2.45, 2.75) is 44.2 Å². The molecule has 1 saturated heterocycles. The Bertz CT molecular complexity index is 671. The third kappa shape index (κ3) is 4.35. The molecular weight excluding hydrogens is 322 g/mol. The predicted molar refractivity (Wildman–Crippen MR) is 105 cm³/mol. The van der Waals surface area contributed by atoms with E-state index in [-0.39, 0.29) is 23.5 Å². The van der Waals surface area contributed by atoms with E-state index in [0.29, 0.717) is 0 Å². The van der Waals surface area contributed by atoms with E-state index in [0.717, 1.165) is 32.5 Å². The first-order chi connectivity index (χ1) is 12.6. The van der Waals surface area contributed by atoms with Crippen molar-refractivity contribution in [1.82, 2.24) is 0 Å². The van der Waals surface area contributed by atoms with E-state index in [1.807, 2.05) is 0 Å². The van der Waals surface area contributed by atoms with Crippen LogP contribution in [0.1, 0.15) is 37.8 Å². The van der Waals surface area contributed by atoms with Crippen LogP contribution in [0.15, 0.2) is 60.7 Å². The highest BCUT2D eigenvalue weighted by Crippen LogP contribution is 2.46. The van der Waals surface area contributed by atoms with Crippen molar-refractivity contribution < 1.29 is 15.2 Å². The zero-order chi connectivity index (χ0) is 18.5. The number of benzene rings is 2. The van der Waals surface area contributed by atoms with Gasteiger partial charge in [-0.1, -0.05) is 60.7 Å². The van der Waals surface area contributed by atoms with Crippen molar-refractivity contribution in [3.05, 3.63) is 71.8 Å². The van der Waals surface area contributed by atoms with Gasteiger partial charge in [-0.15, -0.1) is 0 Å². The lowest BCUT2D eigenvalue weighted by molar-refractivity contribution is -0.677. The molecule has 0 saturated carbocycles. The summed E-state index contributed by atoms with van der Waals surface area (Å²) in [6, 6.07) is 21.3. The van der Waals surface area contributed by atoms with Crippen LogP contribution in [0.25, 0.3) is 0 Å². The molecule has 2 aromatic carbocycles. The standard InChI is InChI=1S/C23H31NO2/c1-22(2)18-23(13-14-26-22,20-11-7-4-8-12-20)21(17-25)16-24-15-19-9-5-3-6-10-19/h3-12,21,24-25H,13-18H2,1-2H3/p+1/t21-,23-/m1/s1. The molecule has 3 nitrogen and oxygen atoms in total. The largest absolute Gasteiger partial charge is 0.396 e. The number of rotatable bonds is 7. The van der Waals surface area contributed by atoms with Crippen molar-refractivity contribution in [3.8, 4) is 0 Å². The highest BCUT2D eigenvalue weighted by Gasteiger charge is 2.47. The molecule has 3 N–H and O–H groups in total. The van der Waals surface area contributed by atoms with Crippen molar-refractivity contribution in [2.24, 2.45) is 5.92 Å². The molecule has 0 bridgehead atoms. The highest BCUT2D eigenvalue weighted by atomic mass is 16.5. The molecule has 3 heteroatoms. The lowest BCUT2D eigenvalue weighted by atomic mass is 9.62. The van der Waals surface area contributed by atoms with E-state index in [1.54, 1.807) is 0 Å². The zero-order valence-electron chi connectivity index (χ0n) is 16.0. The summed E-state index contributed by atoms with van der Waals surface area (Å²) >= 11 is 0. The normalized spacial score (nSPS) is 23.5. The van der Waals surface area contributed by atoms with Crippen molar-refractivity contribution in [2.75, 3.05) is 19.8 Å². The van der Waals surface area contributed by atoms with Crippen LogP contribution in [0.5, 0.6) is 0 Å². The van der Waals surface area contributed by atoms with Crippen LogP contribution in [0.3, 0.4) is 0 Å². The van der Waals surface area contributed by atoms with E-state index in [1.165, 1.54) is 11.1 Å². The Morgan fingerprint density at radius 2 is 1.69 bits per heavy atom. The van der Waals surface area contributed by atoms with Crippen LogP contribution in [-0.2, 0) is 16.7 Å². The van der Waals surface area contributed by atoms with E-state index in [4.69, 9.17) is 4.74 Å². The fourth-order valence-electron chi connectivity index (χ4n) is 4.55. The summed E-state index contributed by atoms with van der Waals surface area (Å²) in [5, 5.41) is 12.6. The van der Waals surface area contributed by atoms with Crippen LogP contribution in [0.4, 0.5) is 0 Å². The third-order valence-corrected chi connectivity index (χ3v) is 5.81. The summed E-state index contributed by atoms with van der Waals surface area (Å²) < 4.78 is 6.02. The average Bonchev–Trinajstić information content (AvgIpc) is 2.66. The van der Waals surface area contributed by atoms with Crippen LogP contribution in [-0.4, -0.2) is 30.5 Å². The van der Waals surface area contributed by atoms with Gasteiger partial charge in [-0.25, -0.2) is 0 Å². The van der Waals surface area contributed by atoms with Gasteiger partial charge < -0.3 is 15.2 Å². The van der Waals surface area contributed by atoms with Gasteiger partial charge in [0.1, 0.15) is 6.54 Å². The van der Waals surface area contributed by atoms with Gasteiger partial charge in [-0.05, 0) is 32.3 Å². The highest BCUT2D eigenvalue weighted by molar-refractivity contribution is 5.28. The van der Waals surface area contributed by atoms with Gasteiger partial charge in [-0.2, -0.15) is 0 Å². The molecule has 1 aliphatic heterocycles. The number of aliphatic hydroxyl groups is 1. The second-order valence-corrected chi connectivity index (χ2v) is 8.15. The summed E-state index contributed by atoms with van der Waals surface area (Å²) in [5.74, 6) is 0.205. The van der Waals surface area contributed by atoms with Crippen LogP contribution >= 0.6 is 0 Å². The maximum absolute atomic E-state index is 10.3. The second-order valence-electron chi connectivity index (χ2n) is 8.15. The van der Waals surface area contributed by atoms with Crippen molar-refractivity contribution in [3.63, 3.8) is 0 Å². The number of nitrogens with two attached hydrogens (primary N) is 1. The quantitative estimate of drug-likeness (QED) is 0.803. The Labute approximate surface area is 157 Å². The average molecular weight is 355 g/mol. The molecule has 2 atom stereocenters. The van der Waals surface area contributed by atoms with Gasteiger partial charge in [0.15, 0.2) is 0 Å². The molecule has 26 heavy (non-hydrogen) atoms. The first kappa shape index (κ1) is 19.1. The van der Waals surface area contributed by atoms with Crippen molar-refractivity contribution >= 4 is 0 Å². The Kier molecular flexibility index (Phi) is 6.13. The minimum absolute atomic E-state index is 0.0368. The minimum Gasteiger partial charge on any atom is -0.396 e. The molecule has 1 fully saturated rings. The van der Waals surface area contributed by atoms with Crippen LogP contribution in [0, 0.1) is 5.92 Å². The first-order valence-electron chi connectivity index (χ1n) is 9.72. The topological polar surface area (TPSA) is 46.1 Å². The summed E-state index contributed by atoms with van der Waals surface area (Å²) in [7, 11) is 0. The molecule has 3 rings (SSSR count). The number of hydrogen-bond acceptors (Lipinski definition) is 2. The van der Waals surface area contributed by atoms with Crippen LogP contribution < -0.4 is 5.32 Å². The number of quaternary nitrogens is 1. The van der Waals surface area contributed by atoms with E-state index < -0.39 is 0 Å². The second kappa shape index (κ2) is 8.34. The van der Waals surface area contributed by atoms with E-state index in [2.05, 4.69) is 79.8 Å². The monoisotopic (exact) mass is 354 g/mol. The SMILES string of the molecule is CC1(C)C[C@](c2ccccc2)([C@@H](CO)C[NH2+]Cc2ccccc2)CCO1. The van der Waals surface area contributed by atoms with Gasteiger partial charge in [0, 0.05) is 23.5 Å². The summed E-state index contributed by atoms with van der Waals surface area (Å²) in [6.45, 7) is 7.16. The molecule has 0 unspecified atom stereocenters. The van der Waals surface area contributed by atoms with Gasteiger partial charge in [0.25, 0.3) is 0 Å². The molecule has 2 aromatic rings. The first-order valence-corrected chi connectivity index (χ1v) is 9.72. The zero-order valence-corrected chi connectivity index (χ0v) is 16.0. The summed E-state index contributed by atoms with van der Waals surface area (Å²) in [4.78, 5) is 0. The van der Waals surface area contributed by atoms with E-state index >= 15 is 0 Å². The molecular formula is C23H32NO2+. The third-order valence-electron chi connectivity index (χ3n) is 5.81. The van der Waals surface area contributed by atoms with Gasteiger partial charge in [0.2, 0.25) is 0 Å². The van der Waals surface area contributed by atoms with Gasteiger partial charge in [-0.3, -0.25) is 0 Å². The van der Waals surface area contributed by atoms with Gasteiger partial charge >= 0.3 is 0 Å². The molecule has 1 aliphatic rings. The maximum Gasteiger partial charge on any atom is 0.101 e. The number of ether oxygens (including phenoxy) is 1. The smallest absolute Gasteiger partial charge is 0.101 e. The number of aliphatic hydroxyl groups excluding tert-OH is 1. The molecule has 0 aromatic heterocycles. The molecule has 0 spiro atoms. The molecule has 0 radical (unpaired) electrons. The Hall–Kier alpha value is -1.68. The Morgan fingerprint density at radius 1 is 1.04 bits per heavy atom. The Morgan fingerprint density at radius 3 is 2.31 bits per heavy atom. The summed E-state index contributed by atoms with van der Waals surface area (Å²) in [6.07, 6.45) is 1.90. The fraction of sp³-hybridized carbons (Fsp3) is 0.478. The molecule has 140 valence electrons. The van der Waals surface area contributed by atoms with Crippen LogP contribution in [0.2, 0.25) is 0 Å². The molecule has 0 aliphatic carbocycles.